The zero-order chi connectivity index (χ0) is 11.0. The van der Waals surface area contributed by atoms with Crippen LogP contribution in [-0.4, -0.2) is 23.0 Å². The lowest BCUT2D eigenvalue weighted by molar-refractivity contribution is 0.328. The number of nitrogens with one attached hydrogen (secondary N) is 1. The molecule has 1 saturated heterocycles. The van der Waals surface area contributed by atoms with Gasteiger partial charge in [-0.3, -0.25) is 4.90 Å². The largest absolute Gasteiger partial charge is 0.399 e. The van der Waals surface area contributed by atoms with Crippen molar-refractivity contribution in [1.29, 1.82) is 0 Å². The van der Waals surface area contributed by atoms with E-state index in [-0.39, 0.29) is 0 Å². The first-order valence-electron chi connectivity index (χ1n) is 5.91. The Morgan fingerprint density at radius 3 is 2.81 bits per heavy atom. The summed E-state index contributed by atoms with van der Waals surface area (Å²) in [7, 11) is 0. The van der Waals surface area contributed by atoms with Crippen molar-refractivity contribution >= 4 is 16.6 Å². The van der Waals surface area contributed by atoms with Gasteiger partial charge < -0.3 is 10.7 Å². The summed E-state index contributed by atoms with van der Waals surface area (Å²) in [5.74, 6) is 0. The number of anilines is 1. The molecule has 1 aromatic heterocycles. The number of nitrogen functional groups attached to an aromatic ring is 1. The van der Waals surface area contributed by atoms with Gasteiger partial charge in [-0.05, 0) is 50.2 Å². The lowest BCUT2D eigenvalue weighted by atomic mass is 10.2. The van der Waals surface area contributed by atoms with Gasteiger partial charge in [0.1, 0.15) is 0 Å². The maximum absolute atomic E-state index is 5.77. The number of fused-ring (bicyclic) bond motifs is 1. The van der Waals surface area contributed by atoms with Crippen molar-refractivity contribution in [1.82, 2.24) is 9.88 Å². The van der Waals surface area contributed by atoms with Crippen LogP contribution < -0.4 is 5.73 Å². The summed E-state index contributed by atoms with van der Waals surface area (Å²) < 4.78 is 0. The van der Waals surface area contributed by atoms with Crippen LogP contribution in [-0.2, 0) is 6.54 Å². The van der Waals surface area contributed by atoms with Gasteiger partial charge in [-0.1, -0.05) is 0 Å². The molecule has 0 aliphatic carbocycles. The number of rotatable bonds is 2. The predicted molar refractivity (Wildman–Crippen MR) is 67.2 cm³/mol. The third-order valence-electron chi connectivity index (χ3n) is 3.29. The molecule has 0 unspecified atom stereocenters. The Labute approximate surface area is 95.2 Å². The van der Waals surface area contributed by atoms with Crippen molar-refractivity contribution in [2.75, 3.05) is 18.8 Å². The molecule has 3 rings (SSSR count). The molecule has 1 fully saturated rings. The van der Waals surface area contributed by atoms with Gasteiger partial charge in [-0.15, -0.1) is 0 Å². The molecule has 1 aromatic carbocycles. The van der Waals surface area contributed by atoms with Crippen molar-refractivity contribution in [2.45, 2.75) is 19.4 Å². The second kappa shape index (κ2) is 3.83. The molecule has 16 heavy (non-hydrogen) atoms. The molecule has 0 radical (unpaired) electrons. The van der Waals surface area contributed by atoms with Crippen LogP contribution >= 0.6 is 0 Å². The van der Waals surface area contributed by atoms with Gasteiger partial charge in [-0.2, -0.15) is 0 Å². The standard InChI is InChI=1S/C13H17N3/c14-11-3-4-13-10(7-11)8-12(15-13)9-16-5-1-2-6-16/h3-4,7-8,15H,1-2,5-6,9,14H2. The van der Waals surface area contributed by atoms with E-state index in [4.69, 9.17) is 5.73 Å². The molecule has 2 aromatic rings. The Bertz CT molecular complexity index is 495. The number of benzene rings is 1. The van der Waals surface area contributed by atoms with Crippen LogP contribution in [0.5, 0.6) is 0 Å². The van der Waals surface area contributed by atoms with Crippen molar-refractivity contribution in [3.8, 4) is 0 Å². The van der Waals surface area contributed by atoms with Crippen LogP contribution in [0.3, 0.4) is 0 Å². The second-order valence-electron chi connectivity index (χ2n) is 4.62. The molecule has 0 bridgehead atoms. The highest BCUT2D eigenvalue weighted by molar-refractivity contribution is 5.83. The molecule has 0 atom stereocenters. The number of aromatic amines is 1. The minimum Gasteiger partial charge on any atom is -0.399 e. The number of likely N-dealkylation sites (tertiary alicyclic amines) is 1. The maximum atomic E-state index is 5.77. The van der Waals surface area contributed by atoms with Crippen molar-refractivity contribution in [2.24, 2.45) is 0 Å². The minimum atomic E-state index is 0.833. The Balaban J connectivity index is 1.86. The summed E-state index contributed by atoms with van der Waals surface area (Å²) in [6.45, 7) is 3.50. The molecule has 1 aliphatic heterocycles. The lowest BCUT2D eigenvalue weighted by Gasteiger charge is -2.12. The van der Waals surface area contributed by atoms with Gasteiger partial charge in [0.2, 0.25) is 0 Å². The van der Waals surface area contributed by atoms with E-state index in [0.29, 0.717) is 0 Å². The van der Waals surface area contributed by atoms with Gasteiger partial charge in [0.15, 0.2) is 0 Å². The van der Waals surface area contributed by atoms with E-state index in [0.717, 1.165) is 12.2 Å². The van der Waals surface area contributed by atoms with E-state index in [9.17, 15) is 0 Å². The first-order valence-corrected chi connectivity index (χ1v) is 5.91. The van der Waals surface area contributed by atoms with Gasteiger partial charge in [0.25, 0.3) is 0 Å². The van der Waals surface area contributed by atoms with Crippen LogP contribution in [0.4, 0.5) is 5.69 Å². The molecule has 84 valence electrons. The molecule has 0 saturated carbocycles. The molecule has 2 heterocycles. The van der Waals surface area contributed by atoms with Crippen LogP contribution in [0.15, 0.2) is 24.3 Å². The number of aromatic nitrogens is 1. The van der Waals surface area contributed by atoms with E-state index in [1.165, 1.54) is 42.5 Å². The fraction of sp³-hybridized carbons (Fsp3) is 0.385. The van der Waals surface area contributed by atoms with Crippen molar-refractivity contribution in [3.05, 3.63) is 30.0 Å². The van der Waals surface area contributed by atoms with E-state index in [2.05, 4.69) is 22.0 Å². The van der Waals surface area contributed by atoms with E-state index in [1.54, 1.807) is 0 Å². The molecule has 0 spiro atoms. The Kier molecular flexibility index (Phi) is 2.33. The molecule has 3 heteroatoms. The quantitative estimate of drug-likeness (QED) is 0.755. The minimum absolute atomic E-state index is 0.833. The monoisotopic (exact) mass is 215 g/mol. The van der Waals surface area contributed by atoms with Gasteiger partial charge in [0, 0.05) is 28.8 Å². The summed E-state index contributed by atoms with van der Waals surface area (Å²) in [6, 6.07) is 8.24. The van der Waals surface area contributed by atoms with Crippen LogP contribution in [0, 0.1) is 0 Å². The van der Waals surface area contributed by atoms with Crippen molar-refractivity contribution < 1.29 is 0 Å². The van der Waals surface area contributed by atoms with E-state index >= 15 is 0 Å². The van der Waals surface area contributed by atoms with Gasteiger partial charge >= 0.3 is 0 Å². The summed E-state index contributed by atoms with van der Waals surface area (Å²) in [5, 5.41) is 1.22. The highest BCUT2D eigenvalue weighted by atomic mass is 15.1. The number of hydrogen-bond acceptors (Lipinski definition) is 2. The normalized spacial score (nSPS) is 17.2. The van der Waals surface area contributed by atoms with E-state index in [1.807, 2.05) is 12.1 Å². The molecule has 1 aliphatic rings. The van der Waals surface area contributed by atoms with Gasteiger partial charge in [0.05, 0.1) is 0 Å². The van der Waals surface area contributed by atoms with E-state index < -0.39 is 0 Å². The summed E-state index contributed by atoms with van der Waals surface area (Å²) in [6.07, 6.45) is 2.68. The lowest BCUT2D eigenvalue weighted by Crippen LogP contribution is -2.18. The zero-order valence-electron chi connectivity index (χ0n) is 9.37. The number of hydrogen-bond donors (Lipinski definition) is 2. The molecule has 0 amide bonds. The van der Waals surface area contributed by atoms with Crippen LogP contribution in [0.25, 0.3) is 10.9 Å². The predicted octanol–water partition coefficient (Wildman–Crippen LogP) is 2.35. The SMILES string of the molecule is Nc1ccc2[nH]c(CN3CCCC3)cc2c1. The summed E-state index contributed by atoms with van der Waals surface area (Å²) in [4.78, 5) is 5.95. The Morgan fingerprint density at radius 2 is 2.00 bits per heavy atom. The molecular formula is C13H17N3. The highest BCUT2D eigenvalue weighted by Gasteiger charge is 2.12. The van der Waals surface area contributed by atoms with Crippen LogP contribution in [0.1, 0.15) is 18.5 Å². The zero-order valence-corrected chi connectivity index (χ0v) is 9.37. The first-order chi connectivity index (χ1) is 7.81. The number of H-pyrrole nitrogens is 1. The second-order valence-corrected chi connectivity index (χ2v) is 4.62. The topological polar surface area (TPSA) is 45.1 Å². The smallest absolute Gasteiger partial charge is 0.0457 e. The molecular weight excluding hydrogens is 198 g/mol. The number of nitrogens with zero attached hydrogens (tertiary/aromatic N) is 1. The Hall–Kier alpha value is -1.48. The summed E-state index contributed by atoms with van der Waals surface area (Å²) >= 11 is 0. The fourth-order valence-corrected chi connectivity index (χ4v) is 2.48. The van der Waals surface area contributed by atoms with Crippen molar-refractivity contribution in [3.63, 3.8) is 0 Å². The third-order valence-corrected chi connectivity index (χ3v) is 3.29. The highest BCUT2D eigenvalue weighted by Crippen LogP contribution is 2.20. The maximum Gasteiger partial charge on any atom is 0.0457 e. The first kappa shape index (κ1) is 9.73. The molecule has 3 nitrogen and oxygen atoms in total. The van der Waals surface area contributed by atoms with Crippen LogP contribution in [0.2, 0.25) is 0 Å². The fourth-order valence-electron chi connectivity index (χ4n) is 2.48. The van der Waals surface area contributed by atoms with Gasteiger partial charge in [-0.25, -0.2) is 0 Å². The number of nitrogens with two attached hydrogens (primary N) is 1. The third kappa shape index (κ3) is 1.78. The molecule has 3 N–H and O–H groups in total. The Morgan fingerprint density at radius 1 is 1.19 bits per heavy atom. The average molecular weight is 215 g/mol. The average Bonchev–Trinajstić information content (AvgIpc) is 2.86. The summed E-state index contributed by atoms with van der Waals surface area (Å²) in [5.41, 5.74) is 9.08.